The van der Waals surface area contributed by atoms with Crippen LogP contribution in [0.4, 0.5) is 5.13 Å². The summed E-state index contributed by atoms with van der Waals surface area (Å²) in [5.74, 6) is -0.194. The standard InChI is InChI=1S/C27H32N4O2S/c1-18(2)15-23(28-25(32)21-12-8-7-9-19(21)3)26(33)30-27-29-22-13-14-31(17-24(22)34-27)16-20-10-5-4-6-11-20/h4-12,18,23H,13-17H2,1-3H3,(H,28,32)(H,29,30,33). The van der Waals surface area contributed by atoms with Crippen molar-refractivity contribution in [1.82, 2.24) is 15.2 Å². The van der Waals surface area contributed by atoms with Gasteiger partial charge in [-0.1, -0.05) is 62.4 Å². The van der Waals surface area contributed by atoms with E-state index in [1.807, 2.05) is 45.0 Å². The largest absolute Gasteiger partial charge is 0.340 e. The Morgan fingerprint density at radius 3 is 2.56 bits per heavy atom. The van der Waals surface area contributed by atoms with Crippen molar-refractivity contribution >= 4 is 28.3 Å². The molecule has 0 bridgehead atoms. The van der Waals surface area contributed by atoms with Crippen molar-refractivity contribution in [1.29, 1.82) is 0 Å². The van der Waals surface area contributed by atoms with Gasteiger partial charge in [0.15, 0.2) is 5.13 Å². The van der Waals surface area contributed by atoms with Crippen molar-refractivity contribution < 1.29 is 9.59 Å². The fourth-order valence-corrected chi connectivity index (χ4v) is 5.29. The molecule has 1 aliphatic rings. The molecule has 34 heavy (non-hydrogen) atoms. The molecule has 6 nitrogen and oxygen atoms in total. The van der Waals surface area contributed by atoms with Gasteiger partial charge >= 0.3 is 0 Å². The number of aryl methyl sites for hydroxylation is 1. The summed E-state index contributed by atoms with van der Waals surface area (Å²) >= 11 is 1.53. The molecule has 1 aromatic heterocycles. The molecule has 0 spiro atoms. The quantitative estimate of drug-likeness (QED) is 0.490. The highest BCUT2D eigenvalue weighted by atomic mass is 32.1. The van der Waals surface area contributed by atoms with E-state index >= 15 is 0 Å². The average Bonchev–Trinajstić information content (AvgIpc) is 3.20. The van der Waals surface area contributed by atoms with Crippen molar-refractivity contribution in [2.24, 2.45) is 5.92 Å². The number of fused-ring (bicyclic) bond motifs is 1. The third-order valence-electron chi connectivity index (χ3n) is 6.01. The summed E-state index contributed by atoms with van der Waals surface area (Å²) in [4.78, 5) is 34.3. The summed E-state index contributed by atoms with van der Waals surface area (Å²) in [5, 5.41) is 6.52. The van der Waals surface area contributed by atoms with E-state index < -0.39 is 6.04 Å². The Morgan fingerprint density at radius 1 is 1.09 bits per heavy atom. The van der Waals surface area contributed by atoms with Crippen molar-refractivity contribution in [3.8, 4) is 0 Å². The molecule has 1 unspecified atom stereocenters. The number of aromatic nitrogens is 1. The van der Waals surface area contributed by atoms with Gasteiger partial charge in [0.25, 0.3) is 5.91 Å². The van der Waals surface area contributed by atoms with Crippen molar-refractivity contribution in [3.63, 3.8) is 0 Å². The first kappa shape index (κ1) is 24.1. The first-order valence-electron chi connectivity index (χ1n) is 11.8. The van der Waals surface area contributed by atoms with Crippen LogP contribution in [-0.4, -0.2) is 34.3 Å². The second-order valence-electron chi connectivity index (χ2n) is 9.29. The number of nitrogens with zero attached hydrogens (tertiary/aromatic N) is 2. The van der Waals surface area contributed by atoms with Gasteiger partial charge in [0, 0.05) is 36.5 Å². The zero-order valence-corrected chi connectivity index (χ0v) is 20.8. The first-order chi connectivity index (χ1) is 16.4. The molecule has 1 atom stereocenters. The number of carbonyl (C=O) groups is 2. The van der Waals surface area contributed by atoms with E-state index in [0.717, 1.165) is 37.3 Å². The SMILES string of the molecule is Cc1ccccc1C(=O)NC(CC(C)C)C(=O)Nc1nc2c(s1)CN(Cc1ccccc1)CC2. The predicted molar refractivity (Wildman–Crippen MR) is 137 cm³/mol. The van der Waals surface area contributed by atoms with Crippen LogP contribution in [0, 0.1) is 12.8 Å². The van der Waals surface area contributed by atoms with Crippen molar-refractivity contribution in [3.05, 3.63) is 81.9 Å². The van der Waals surface area contributed by atoms with Gasteiger partial charge in [-0.15, -0.1) is 11.3 Å². The lowest BCUT2D eigenvalue weighted by molar-refractivity contribution is -0.118. The molecule has 178 valence electrons. The van der Waals surface area contributed by atoms with Crippen LogP contribution >= 0.6 is 11.3 Å². The Bertz CT molecular complexity index is 1140. The molecule has 0 fully saturated rings. The highest BCUT2D eigenvalue weighted by Crippen LogP contribution is 2.29. The maximum Gasteiger partial charge on any atom is 0.252 e. The van der Waals surface area contributed by atoms with Gasteiger partial charge in [-0.25, -0.2) is 4.98 Å². The van der Waals surface area contributed by atoms with Crippen LogP contribution < -0.4 is 10.6 Å². The third kappa shape index (κ3) is 6.10. The number of nitrogens with one attached hydrogen (secondary N) is 2. The minimum Gasteiger partial charge on any atom is -0.340 e. The molecular formula is C27H32N4O2S. The fourth-order valence-electron chi connectivity index (χ4n) is 4.24. The fraction of sp³-hybridized carbons (Fsp3) is 0.370. The van der Waals surface area contributed by atoms with Gasteiger partial charge in [0.1, 0.15) is 6.04 Å². The summed E-state index contributed by atoms with van der Waals surface area (Å²) < 4.78 is 0. The van der Waals surface area contributed by atoms with E-state index in [1.54, 1.807) is 6.07 Å². The minimum atomic E-state index is -0.623. The lowest BCUT2D eigenvalue weighted by atomic mass is 10.0. The van der Waals surface area contributed by atoms with E-state index in [-0.39, 0.29) is 17.7 Å². The van der Waals surface area contributed by atoms with Gasteiger partial charge in [-0.05, 0) is 36.5 Å². The number of rotatable bonds is 8. The zero-order valence-electron chi connectivity index (χ0n) is 20.0. The Labute approximate surface area is 205 Å². The van der Waals surface area contributed by atoms with Crippen molar-refractivity contribution in [2.75, 3.05) is 11.9 Å². The highest BCUT2D eigenvalue weighted by molar-refractivity contribution is 7.15. The topological polar surface area (TPSA) is 74.3 Å². The number of amides is 2. The summed E-state index contributed by atoms with van der Waals surface area (Å²) in [6.07, 6.45) is 1.42. The molecule has 2 N–H and O–H groups in total. The van der Waals surface area contributed by atoms with Crippen LogP contribution in [0.25, 0.3) is 0 Å². The van der Waals surface area contributed by atoms with E-state index in [1.165, 1.54) is 21.8 Å². The van der Waals surface area contributed by atoms with Crippen LogP contribution in [0.3, 0.4) is 0 Å². The molecular weight excluding hydrogens is 444 g/mol. The molecule has 2 amide bonds. The molecule has 0 saturated carbocycles. The maximum atomic E-state index is 13.1. The second-order valence-corrected chi connectivity index (χ2v) is 10.4. The summed E-state index contributed by atoms with van der Waals surface area (Å²) in [5.41, 5.74) is 3.84. The number of hydrogen-bond donors (Lipinski definition) is 2. The van der Waals surface area contributed by atoms with E-state index in [0.29, 0.717) is 17.1 Å². The predicted octanol–water partition coefficient (Wildman–Crippen LogP) is 4.79. The lowest BCUT2D eigenvalue weighted by Crippen LogP contribution is -2.44. The molecule has 0 aliphatic carbocycles. The molecule has 2 heterocycles. The number of benzene rings is 2. The highest BCUT2D eigenvalue weighted by Gasteiger charge is 2.26. The molecule has 4 rings (SSSR count). The normalized spacial score (nSPS) is 14.5. The maximum absolute atomic E-state index is 13.1. The van der Waals surface area contributed by atoms with Gasteiger partial charge in [-0.2, -0.15) is 0 Å². The molecule has 3 aromatic rings. The van der Waals surface area contributed by atoms with Gasteiger partial charge in [0.2, 0.25) is 5.91 Å². The lowest BCUT2D eigenvalue weighted by Gasteiger charge is -2.25. The molecule has 2 aromatic carbocycles. The second kappa shape index (κ2) is 10.9. The van der Waals surface area contributed by atoms with Crippen LogP contribution in [-0.2, 0) is 24.3 Å². The minimum absolute atomic E-state index is 0.220. The number of thiazole rings is 1. The monoisotopic (exact) mass is 476 g/mol. The summed E-state index contributed by atoms with van der Waals surface area (Å²) in [6, 6.07) is 17.2. The Kier molecular flexibility index (Phi) is 7.75. The Hall–Kier alpha value is -3.03. The molecule has 1 aliphatic heterocycles. The number of hydrogen-bond acceptors (Lipinski definition) is 5. The van der Waals surface area contributed by atoms with Crippen LogP contribution in [0.15, 0.2) is 54.6 Å². The molecule has 7 heteroatoms. The van der Waals surface area contributed by atoms with Gasteiger partial charge in [-0.3, -0.25) is 14.5 Å². The Balaban J connectivity index is 1.41. The summed E-state index contributed by atoms with van der Waals surface area (Å²) in [7, 11) is 0. The zero-order chi connectivity index (χ0) is 24.1. The van der Waals surface area contributed by atoms with Crippen LogP contribution in [0.2, 0.25) is 0 Å². The van der Waals surface area contributed by atoms with E-state index in [2.05, 4.69) is 39.8 Å². The van der Waals surface area contributed by atoms with Crippen LogP contribution in [0.5, 0.6) is 0 Å². The average molecular weight is 477 g/mol. The third-order valence-corrected chi connectivity index (χ3v) is 7.01. The van der Waals surface area contributed by atoms with Crippen molar-refractivity contribution in [2.45, 2.75) is 52.7 Å². The Morgan fingerprint density at radius 2 is 1.82 bits per heavy atom. The summed E-state index contributed by atoms with van der Waals surface area (Å²) in [6.45, 7) is 8.67. The number of carbonyl (C=O) groups excluding carboxylic acids is 2. The smallest absolute Gasteiger partial charge is 0.252 e. The van der Waals surface area contributed by atoms with E-state index in [9.17, 15) is 9.59 Å². The molecule has 0 radical (unpaired) electrons. The first-order valence-corrected chi connectivity index (χ1v) is 12.6. The van der Waals surface area contributed by atoms with Gasteiger partial charge in [0.05, 0.1) is 5.69 Å². The van der Waals surface area contributed by atoms with Crippen LogP contribution in [0.1, 0.15) is 52.3 Å². The van der Waals surface area contributed by atoms with Gasteiger partial charge < -0.3 is 10.6 Å². The number of anilines is 1. The van der Waals surface area contributed by atoms with E-state index in [4.69, 9.17) is 4.98 Å². The molecule has 0 saturated heterocycles.